The lowest BCUT2D eigenvalue weighted by Crippen LogP contribution is -2.64. The molecule has 0 radical (unpaired) electrons. The lowest BCUT2D eigenvalue weighted by atomic mass is 9.88. The number of hydrogen-bond acceptors (Lipinski definition) is 19. The molecule has 3 aliphatic heterocycles. The van der Waals surface area contributed by atoms with Crippen LogP contribution in [-0.2, 0) is 49.1 Å². The van der Waals surface area contributed by atoms with Crippen molar-refractivity contribution in [1.82, 2.24) is 0 Å². The molecule has 0 aliphatic carbocycles. The third-order valence-corrected chi connectivity index (χ3v) is 14.1. The van der Waals surface area contributed by atoms with Crippen LogP contribution in [0.25, 0.3) is 0 Å². The van der Waals surface area contributed by atoms with Crippen LogP contribution in [0, 0.1) is 5.92 Å². The SMILES string of the molecule is CCc1c(Cl)c(O)c(Cl)c(O)c1C(=O)O[C@H]1[C@H](O)[C@H](OC)[C@H](OC/C2=C\C=C\C[C@H](O)/C(C)=C/[C@H](CC)[C@@H](O[C@@H]3OC(C)(C)[C@@H](O)[C@H](OC(=O)c4ccoc4)[C@@H]3O)/C(C)=C/C(C)=C/C[C@@H]([C@@H](C)O)OC2=O)O[C@@H]1C. The Morgan fingerprint density at radius 2 is 1.61 bits per heavy atom. The molecule has 4 heterocycles. The summed E-state index contributed by atoms with van der Waals surface area (Å²) in [4.78, 5) is 40.5. The molecule has 0 amide bonds. The third kappa shape index (κ3) is 14.2. The van der Waals surface area contributed by atoms with E-state index in [0.29, 0.717) is 23.1 Å². The summed E-state index contributed by atoms with van der Waals surface area (Å²) in [6, 6.07) is 1.39. The molecule has 74 heavy (non-hydrogen) atoms. The average Bonchev–Trinajstić information content (AvgIpc) is 3.90. The van der Waals surface area contributed by atoms with Crippen LogP contribution in [0.1, 0.15) is 108 Å². The molecule has 3 aliphatic rings. The number of rotatable bonds is 13. The number of hydrogen-bond donors (Lipinski definition) is 7. The van der Waals surface area contributed by atoms with E-state index >= 15 is 0 Å². The highest BCUT2D eigenvalue weighted by atomic mass is 35.5. The number of carbonyl (C=O) groups excluding carboxylic acids is 3. The van der Waals surface area contributed by atoms with Gasteiger partial charge in [0.25, 0.3) is 0 Å². The zero-order chi connectivity index (χ0) is 54.9. The smallest absolute Gasteiger partial charge is 0.342 e. The number of cyclic esters (lactones) is 1. The first-order valence-electron chi connectivity index (χ1n) is 24.4. The number of furan rings is 1. The summed E-state index contributed by atoms with van der Waals surface area (Å²) in [5.74, 6) is -4.62. The van der Waals surface area contributed by atoms with Crippen molar-refractivity contribution in [2.75, 3.05) is 13.7 Å². The van der Waals surface area contributed by atoms with E-state index in [1.54, 1.807) is 46.8 Å². The number of carbonyl (C=O) groups is 3. The van der Waals surface area contributed by atoms with Crippen LogP contribution in [-0.4, -0.2) is 153 Å². The molecule has 7 N–H and O–H groups in total. The number of benzene rings is 1. The largest absolute Gasteiger partial charge is 0.505 e. The van der Waals surface area contributed by atoms with Crippen molar-refractivity contribution in [2.45, 2.75) is 173 Å². The van der Waals surface area contributed by atoms with Crippen molar-refractivity contribution in [1.29, 1.82) is 0 Å². The van der Waals surface area contributed by atoms with Crippen LogP contribution >= 0.6 is 23.2 Å². The van der Waals surface area contributed by atoms with Gasteiger partial charge in [0.1, 0.15) is 47.4 Å². The molecule has 2 fully saturated rings. The lowest BCUT2D eigenvalue weighted by molar-refractivity contribution is -0.330. The van der Waals surface area contributed by atoms with Gasteiger partial charge in [-0.2, -0.15) is 0 Å². The van der Waals surface area contributed by atoms with Crippen LogP contribution in [0.2, 0.25) is 10.0 Å². The van der Waals surface area contributed by atoms with Crippen LogP contribution in [0.4, 0.5) is 0 Å². The predicted molar refractivity (Wildman–Crippen MR) is 268 cm³/mol. The fourth-order valence-corrected chi connectivity index (χ4v) is 9.38. The summed E-state index contributed by atoms with van der Waals surface area (Å²) in [6.45, 7) is 14.6. The number of methoxy groups -OCH3 is 1. The van der Waals surface area contributed by atoms with E-state index in [-0.39, 0.29) is 41.0 Å². The minimum absolute atomic E-state index is 0.0450. The van der Waals surface area contributed by atoms with Crippen molar-refractivity contribution in [2.24, 2.45) is 5.92 Å². The number of allylic oxidation sites excluding steroid dienone is 4. The van der Waals surface area contributed by atoms with Gasteiger partial charge in [0.05, 0.1) is 59.0 Å². The van der Waals surface area contributed by atoms with Gasteiger partial charge in [0.2, 0.25) is 0 Å². The second-order valence-corrected chi connectivity index (χ2v) is 19.9. The summed E-state index contributed by atoms with van der Waals surface area (Å²) in [6.07, 6.45) is -3.47. The molecule has 410 valence electrons. The monoisotopic (exact) mass is 1080 g/mol. The van der Waals surface area contributed by atoms with Crippen molar-refractivity contribution >= 4 is 41.1 Å². The normalized spacial score (nSPS) is 34.1. The highest BCUT2D eigenvalue weighted by Gasteiger charge is 2.53. The lowest BCUT2D eigenvalue weighted by Gasteiger charge is -2.47. The fraction of sp³-hybridized carbons (Fsp3) is 0.566. The Morgan fingerprint density at radius 3 is 2.23 bits per heavy atom. The minimum Gasteiger partial charge on any atom is -0.505 e. The second kappa shape index (κ2) is 26.4. The first-order valence-corrected chi connectivity index (χ1v) is 25.1. The third-order valence-electron chi connectivity index (χ3n) is 13.3. The van der Waals surface area contributed by atoms with Crippen LogP contribution in [0.5, 0.6) is 11.5 Å². The maximum atomic E-state index is 14.0. The number of aromatic hydroxyl groups is 2. The number of phenolic OH excluding ortho intramolecular Hbond substituents is 2. The van der Waals surface area contributed by atoms with Crippen LogP contribution < -0.4 is 0 Å². The van der Waals surface area contributed by atoms with E-state index in [2.05, 4.69) is 0 Å². The van der Waals surface area contributed by atoms with Crippen LogP contribution in [0.15, 0.2) is 81.8 Å². The maximum absolute atomic E-state index is 14.0. The van der Waals surface area contributed by atoms with Gasteiger partial charge in [0.15, 0.2) is 36.3 Å². The van der Waals surface area contributed by atoms with E-state index in [1.807, 2.05) is 26.0 Å². The zero-order valence-corrected chi connectivity index (χ0v) is 44.6. The number of aliphatic hydroxyl groups excluding tert-OH is 5. The van der Waals surface area contributed by atoms with Crippen molar-refractivity contribution in [3.05, 3.63) is 104 Å². The highest BCUT2D eigenvalue weighted by molar-refractivity contribution is 6.39. The van der Waals surface area contributed by atoms with Gasteiger partial charge >= 0.3 is 17.9 Å². The number of aliphatic hydroxyl groups is 5. The second-order valence-electron chi connectivity index (χ2n) is 19.2. The van der Waals surface area contributed by atoms with Gasteiger partial charge in [0, 0.05) is 19.4 Å². The molecule has 0 bridgehead atoms. The van der Waals surface area contributed by atoms with Crippen molar-refractivity contribution in [3.8, 4) is 11.5 Å². The number of esters is 3. The van der Waals surface area contributed by atoms with E-state index in [0.717, 1.165) is 0 Å². The Bertz CT molecular complexity index is 2420. The topological polar surface area (TPSA) is 280 Å². The van der Waals surface area contributed by atoms with Gasteiger partial charge in [-0.15, -0.1) is 0 Å². The Kier molecular flexibility index (Phi) is 21.5. The summed E-state index contributed by atoms with van der Waals surface area (Å²) in [7, 11) is 1.26. The molecule has 2 saturated heterocycles. The van der Waals surface area contributed by atoms with Gasteiger partial charge in [-0.3, -0.25) is 0 Å². The summed E-state index contributed by atoms with van der Waals surface area (Å²) in [5.41, 5.74) is 0.241. The van der Waals surface area contributed by atoms with Gasteiger partial charge in [-0.05, 0) is 96.6 Å². The molecule has 5 rings (SSSR count). The summed E-state index contributed by atoms with van der Waals surface area (Å²) in [5, 5.41) is 76.8. The van der Waals surface area contributed by atoms with E-state index < -0.39 is 138 Å². The molecule has 0 unspecified atom stereocenters. The first-order chi connectivity index (χ1) is 34.9. The van der Waals surface area contributed by atoms with Gasteiger partial charge in [-0.1, -0.05) is 73.0 Å². The van der Waals surface area contributed by atoms with Crippen molar-refractivity contribution in [3.63, 3.8) is 0 Å². The molecule has 0 spiro atoms. The highest BCUT2D eigenvalue weighted by Crippen LogP contribution is 2.45. The average molecular weight is 1080 g/mol. The number of phenols is 2. The maximum Gasteiger partial charge on any atom is 0.342 e. The molecule has 14 atom stereocenters. The molecule has 1 aromatic heterocycles. The Balaban J connectivity index is 1.39. The molecule has 1 aromatic carbocycles. The standard InChI is InChI=1S/C53H70Cl2O19/c1-11-30-22-26(4)34(57)16-14-13-15-31(24-68-52-46(66-10)41(60)44(29(7)69-52)71-50(65)36-33(12-2)37(54)40(59)38(55)39(36)58)48(63)70-35(28(6)56)18-17-25(3)21-27(5)43(30)73-51-42(61)45(47(62)53(8,9)74-51)72-49(64)32-19-20-67-23-32/h13-15,17,19-23,28-30,34-35,41-47,51-52,56-62H,11-12,16,18,24H2,1-10H3/b14-13+,25-17+,26-22+,27-21+,31-15+/t28-,29-,30+,34+,35+,41+,42+,43+,44-,45-,46+,47+,51-,52-/m1/s1. The van der Waals surface area contributed by atoms with E-state index in [4.69, 9.17) is 65.5 Å². The predicted octanol–water partition coefficient (Wildman–Crippen LogP) is 6.49. The Hall–Kier alpha value is -4.61. The molecule has 21 heteroatoms. The summed E-state index contributed by atoms with van der Waals surface area (Å²) < 4.78 is 52.6. The molecular weight excluding hydrogens is 1010 g/mol. The number of halogens is 2. The van der Waals surface area contributed by atoms with Crippen molar-refractivity contribution < 1.29 is 92.4 Å². The molecule has 2 aromatic rings. The van der Waals surface area contributed by atoms with Gasteiger partial charge in [-0.25, -0.2) is 14.4 Å². The Morgan fingerprint density at radius 1 is 0.919 bits per heavy atom. The molecule has 0 saturated carbocycles. The Labute approximate surface area is 440 Å². The first kappa shape index (κ1) is 60.3. The molecular formula is C53H70Cl2O19. The van der Waals surface area contributed by atoms with E-state index in [9.17, 15) is 50.1 Å². The number of ether oxygens (including phenoxy) is 8. The zero-order valence-electron chi connectivity index (χ0n) is 43.1. The minimum atomic E-state index is -1.64. The fourth-order valence-electron chi connectivity index (χ4n) is 8.82. The van der Waals surface area contributed by atoms with Crippen LogP contribution in [0.3, 0.4) is 0 Å². The van der Waals surface area contributed by atoms with Gasteiger partial charge < -0.3 is 78.1 Å². The summed E-state index contributed by atoms with van der Waals surface area (Å²) >= 11 is 12.3. The quantitative estimate of drug-likeness (QED) is 0.0642. The van der Waals surface area contributed by atoms with E-state index in [1.165, 1.54) is 51.7 Å². The molecule has 19 nitrogen and oxygen atoms in total.